The van der Waals surface area contributed by atoms with Crippen LogP contribution >= 0.6 is 15.9 Å². The number of aryl methyl sites for hydroxylation is 1. The minimum absolute atomic E-state index is 0.668. The fourth-order valence-corrected chi connectivity index (χ4v) is 2.69. The van der Waals surface area contributed by atoms with Gasteiger partial charge in [-0.05, 0) is 40.5 Å². The third-order valence-corrected chi connectivity index (χ3v) is 4.99. The van der Waals surface area contributed by atoms with Crippen LogP contribution in [0.25, 0.3) is 0 Å². The van der Waals surface area contributed by atoms with Crippen LogP contribution < -0.4 is 0 Å². The van der Waals surface area contributed by atoms with E-state index in [0.717, 1.165) is 17.6 Å². The van der Waals surface area contributed by atoms with Crippen molar-refractivity contribution in [2.75, 3.05) is 6.61 Å². The highest BCUT2D eigenvalue weighted by atomic mass is 79.9. The summed E-state index contributed by atoms with van der Waals surface area (Å²) in [5, 5.41) is 0. The Balaban J connectivity index is 2.40. The second kappa shape index (κ2) is 6.03. The predicted molar refractivity (Wildman–Crippen MR) is 75.6 cm³/mol. The van der Waals surface area contributed by atoms with E-state index in [2.05, 4.69) is 59.2 Å². The van der Waals surface area contributed by atoms with Gasteiger partial charge in [0.15, 0.2) is 0 Å². The average Bonchev–Trinajstić information content (AvgIpc) is 2.53. The fraction of sp³-hybridized carbons (Fsp3) is 0.667. The van der Waals surface area contributed by atoms with Gasteiger partial charge in [0.1, 0.15) is 6.73 Å². The molecule has 0 N–H and O–H groups in total. The molecule has 0 aliphatic rings. The van der Waals surface area contributed by atoms with E-state index in [9.17, 15) is 0 Å². The van der Waals surface area contributed by atoms with E-state index in [1.165, 1.54) is 11.7 Å². The molecule has 92 valence electrons. The van der Waals surface area contributed by atoms with Crippen LogP contribution in [0.2, 0.25) is 25.7 Å². The van der Waals surface area contributed by atoms with Gasteiger partial charge in [0.25, 0.3) is 0 Å². The van der Waals surface area contributed by atoms with Crippen LogP contribution in [0, 0.1) is 0 Å². The van der Waals surface area contributed by atoms with E-state index in [4.69, 9.17) is 4.74 Å². The first kappa shape index (κ1) is 14.0. The number of hydrogen-bond donors (Lipinski definition) is 0. The molecule has 0 amide bonds. The Hall–Kier alpha value is -0.0631. The van der Waals surface area contributed by atoms with Crippen LogP contribution in [-0.2, 0) is 17.9 Å². The van der Waals surface area contributed by atoms with Crippen LogP contribution in [0.1, 0.15) is 12.6 Å². The molecule has 0 aliphatic carbocycles. The molecule has 16 heavy (non-hydrogen) atoms. The highest BCUT2D eigenvalue weighted by Crippen LogP contribution is 2.16. The topological polar surface area (TPSA) is 14.2 Å². The van der Waals surface area contributed by atoms with Gasteiger partial charge in [0.2, 0.25) is 0 Å². The summed E-state index contributed by atoms with van der Waals surface area (Å²) in [5.74, 6) is 0. The van der Waals surface area contributed by atoms with E-state index < -0.39 is 8.07 Å². The Morgan fingerprint density at radius 3 is 2.56 bits per heavy atom. The van der Waals surface area contributed by atoms with E-state index in [-0.39, 0.29) is 0 Å². The SMILES string of the molecule is CCc1ccc(Br)n1COCC[Si](C)(C)C. The summed E-state index contributed by atoms with van der Waals surface area (Å²) in [7, 11) is -0.961. The molecular formula is C12H22BrNOSi. The molecule has 1 rings (SSSR count). The minimum Gasteiger partial charge on any atom is -0.361 e. The average molecular weight is 304 g/mol. The molecule has 0 unspecified atom stereocenters. The van der Waals surface area contributed by atoms with Crippen molar-refractivity contribution >= 4 is 24.0 Å². The van der Waals surface area contributed by atoms with Gasteiger partial charge in [-0.1, -0.05) is 26.6 Å². The van der Waals surface area contributed by atoms with Crippen LogP contribution in [-0.4, -0.2) is 19.2 Å². The first-order valence-corrected chi connectivity index (χ1v) is 10.4. The summed E-state index contributed by atoms with van der Waals surface area (Å²) >= 11 is 3.54. The van der Waals surface area contributed by atoms with E-state index in [1.54, 1.807) is 0 Å². The van der Waals surface area contributed by atoms with E-state index in [1.807, 2.05) is 0 Å². The molecule has 0 atom stereocenters. The summed E-state index contributed by atoms with van der Waals surface area (Å²) in [4.78, 5) is 0. The van der Waals surface area contributed by atoms with Crippen molar-refractivity contribution in [1.29, 1.82) is 0 Å². The van der Waals surface area contributed by atoms with E-state index in [0.29, 0.717) is 6.73 Å². The van der Waals surface area contributed by atoms with Crippen LogP contribution in [0.4, 0.5) is 0 Å². The summed E-state index contributed by atoms with van der Waals surface area (Å²) in [6.07, 6.45) is 1.04. The fourth-order valence-electron chi connectivity index (χ4n) is 1.47. The zero-order chi connectivity index (χ0) is 12.2. The molecule has 1 aromatic heterocycles. The maximum absolute atomic E-state index is 5.75. The molecule has 1 heterocycles. The van der Waals surface area contributed by atoms with Gasteiger partial charge < -0.3 is 9.30 Å². The third kappa shape index (κ3) is 4.43. The molecule has 0 spiro atoms. The Morgan fingerprint density at radius 2 is 2.00 bits per heavy atom. The van der Waals surface area contributed by atoms with Crippen molar-refractivity contribution in [2.45, 2.75) is 45.8 Å². The Bertz CT molecular complexity index is 330. The van der Waals surface area contributed by atoms with Crippen LogP contribution in [0.5, 0.6) is 0 Å². The van der Waals surface area contributed by atoms with Crippen molar-refractivity contribution in [3.63, 3.8) is 0 Å². The van der Waals surface area contributed by atoms with Crippen molar-refractivity contribution in [2.24, 2.45) is 0 Å². The second-order valence-electron chi connectivity index (χ2n) is 5.28. The molecule has 0 saturated heterocycles. The van der Waals surface area contributed by atoms with Gasteiger partial charge in [-0.3, -0.25) is 0 Å². The molecule has 1 aromatic rings. The number of ether oxygens (including phenoxy) is 1. The third-order valence-electron chi connectivity index (χ3n) is 2.60. The highest BCUT2D eigenvalue weighted by Gasteiger charge is 2.12. The summed E-state index contributed by atoms with van der Waals surface area (Å²) in [5.41, 5.74) is 1.32. The molecule has 0 aliphatic heterocycles. The van der Waals surface area contributed by atoms with Crippen molar-refractivity contribution < 1.29 is 4.74 Å². The summed E-state index contributed by atoms with van der Waals surface area (Å²) in [6, 6.07) is 5.46. The standard InChI is InChI=1S/C12H22BrNOSi/c1-5-11-6-7-12(13)14(11)10-15-8-9-16(2,3)4/h6-7H,5,8-10H2,1-4H3. The highest BCUT2D eigenvalue weighted by molar-refractivity contribution is 9.10. The van der Waals surface area contributed by atoms with Gasteiger partial charge in [0.05, 0.1) is 4.60 Å². The lowest BCUT2D eigenvalue weighted by Crippen LogP contribution is -2.22. The zero-order valence-corrected chi connectivity index (χ0v) is 13.3. The number of halogens is 1. The van der Waals surface area contributed by atoms with Crippen LogP contribution in [0.3, 0.4) is 0 Å². The monoisotopic (exact) mass is 303 g/mol. The van der Waals surface area contributed by atoms with Gasteiger partial charge in [-0.15, -0.1) is 0 Å². The Labute approximate surface area is 108 Å². The Morgan fingerprint density at radius 1 is 1.31 bits per heavy atom. The quantitative estimate of drug-likeness (QED) is 0.569. The molecule has 0 saturated carbocycles. The summed E-state index contributed by atoms with van der Waals surface area (Å²) < 4.78 is 9.04. The first-order chi connectivity index (χ1) is 7.44. The minimum atomic E-state index is -0.961. The van der Waals surface area contributed by atoms with Gasteiger partial charge in [-0.2, -0.15) is 0 Å². The molecule has 0 fully saturated rings. The van der Waals surface area contributed by atoms with Crippen LogP contribution in [0.15, 0.2) is 16.7 Å². The normalized spacial score (nSPS) is 12.1. The number of aromatic nitrogens is 1. The first-order valence-electron chi connectivity index (χ1n) is 5.85. The predicted octanol–water partition coefficient (Wildman–Crippen LogP) is 4.13. The number of rotatable bonds is 6. The van der Waals surface area contributed by atoms with Gasteiger partial charge >= 0.3 is 0 Å². The lowest BCUT2D eigenvalue weighted by atomic mass is 10.3. The molecular weight excluding hydrogens is 282 g/mol. The van der Waals surface area contributed by atoms with Crippen molar-refractivity contribution in [3.05, 3.63) is 22.4 Å². The number of nitrogens with zero attached hydrogens (tertiary/aromatic N) is 1. The second-order valence-corrected chi connectivity index (χ2v) is 11.7. The molecule has 4 heteroatoms. The number of hydrogen-bond acceptors (Lipinski definition) is 1. The molecule has 0 radical (unpaired) electrons. The molecule has 0 bridgehead atoms. The largest absolute Gasteiger partial charge is 0.361 e. The Kier molecular flexibility index (Phi) is 5.28. The summed E-state index contributed by atoms with van der Waals surface area (Å²) in [6.45, 7) is 10.8. The van der Waals surface area contributed by atoms with Gasteiger partial charge in [0, 0.05) is 20.4 Å². The van der Waals surface area contributed by atoms with E-state index >= 15 is 0 Å². The van der Waals surface area contributed by atoms with Gasteiger partial charge in [-0.25, -0.2) is 0 Å². The van der Waals surface area contributed by atoms with Crippen molar-refractivity contribution in [1.82, 2.24) is 4.57 Å². The zero-order valence-electron chi connectivity index (χ0n) is 10.7. The molecule has 0 aromatic carbocycles. The smallest absolute Gasteiger partial charge is 0.123 e. The lowest BCUT2D eigenvalue weighted by Gasteiger charge is -2.16. The maximum Gasteiger partial charge on any atom is 0.123 e. The maximum atomic E-state index is 5.75. The lowest BCUT2D eigenvalue weighted by molar-refractivity contribution is 0.0843. The van der Waals surface area contributed by atoms with Crippen molar-refractivity contribution in [3.8, 4) is 0 Å². The molecule has 2 nitrogen and oxygen atoms in total.